The molecule has 1 aromatic rings. The highest BCUT2D eigenvalue weighted by molar-refractivity contribution is 6.35. The van der Waals surface area contributed by atoms with Crippen molar-refractivity contribution < 1.29 is 8.78 Å². The van der Waals surface area contributed by atoms with Crippen LogP contribution in [0.25, 0.3) is 0 Å². The average molecular weight is 266 g/mol. The summed E-state index contributed by atoms with van der Waals surface area (Å²) in [6.45, 7) is 0.625. The van der Waals surface area contributed by atoms with Crippen molar-refractivity contribution in [3.63, 3.8) is 0 Å². The number of rotatable bonds is 1. The van der Waals surface area contributed by atoms with Crippen molar-refractivity contribution in [3.8, 4) is 0 Å². The van der Waals surface area contributed by atoms with Gasteiger partial charge >= 0.3 is 0 Å². The molecule has 0 aliphatic carbocycles. The molecule has 1 fully saturated rings. The molecule has 0 spiro atoms. The highest BCUT2D eigenvalue weighted by atomic mass is 35.5. The lowest BCUT2D eigenvalue weighted by Crippen LogP contribution is -2.39. The molecule has 0 amide bonds. The molecule has 0 N–H and O–H groups in total. The molecule has 16 heavy (non-hydrogen) atoms. The second-order valence-electron chi connectivity index (χ2n) is 3.94. The van der Waals surface area contributed by atoms with Gasteiger partial charge in [-0.3, -0.25) is 0 Å². The second-order valence-corrected chi connectivity index (χ2v) is 4.78. The highest BCUT2D eigenvalue weighted by Crippen LogP contribution is 2.34. The van der Waals surface area contributed by atoms with Crippen molar-refractivity contribution in [2.75, 3.05) is 18.0 Å². The molecule has 88 valence electrons. The van der Waals surface area contributed by atoms with E-state index in [0.29, 0.717) is 23.1 Å². The number of nitrogens with zero attached hydrogens (tertiary/aromatic N) is 1. The van der Waals surface area contributed by atoms with Crippen LogP contribution in [0.3, 0.4) is 0 Å². The number of piperidine rings is 1. The molecule has 1 nitrogen and oxygen atoms in total. The zero-order valence-corrected chi connectivity index (χ0v) is 10.0. The van der Waals surface area contributed by atoms with E-state index in [1.165, 1.54) is 0 Å². The number of anilines is 1. The minimum atomic E-state index is -2.54. The molecule has 0 saturated carbocycles. The fraction of sp³-hybridized carbons (Fsp3) is 0.455. The SMILES string of the molecule is FC1(F)CCN(c2cc(Cl)ccc2Cl)CC1. The van der Waals surface area contributed by atoms with E-state index in [9.17, 15) is 8.78 Å². The van der Waals surface area contributed by atoms with Crippen LogP contribution in [0.5, 0.6) is 0 Å². The van der Waals surface area contributed by atoms with Crippen LogP contribution in [0, 0.1) is 0 Å². The Bertz CT molecular complexity index is 386. The number of halogens is 4. The van der Waals surface area contributed by atoms with Crippen LogP contribution in [-0.4, -0.2) is 19.0 Å². The molecule has 1 heterocycles. The molecular weight excluding hydrogens is 255 g/mol. The van der Waals surface area contributed by atoms with E-state index in [4.69, 9.17) is 23.2 Å². The summed E-state index contributed by atoms with van der Waals surface area (Å²) in [5, 5.41) is 1.12. The van der Waals surface area contributed by atoms with Gasteiger partial charge in [0.25, 0.3) is 5.92 Å². The Morgan fingerprint density at radius 1 is 1.12 bits per heavy atom. The number of hydrogen-bond donors (Lipinski definition) is 0. The van der Waals surface area contributed by atoms with Crippen LogP contribution in [0.1, 0.15) is 12.8 Å². The van der Waals surface area contributed by atoms with Crippen molar-refractivity contribution >= 4 is 28.9 Å². The average Bonchev–Trinajstić information content (AvgIpc) is 2.22. The third-order valence-corrected chi connectivity index (χ3v) is 3.30. The Labute approximate surface area is 103 Å². The van der Waals surface area contributed by atoms with E-state index < -0.39 is 5.92 Å². The summed E-state index contributed by atoms with van der Waals surface area (Å²) in [4.78, 5) is 1.85. The molecule has 1 aliphatic heterocycles. The monoisotopic (exact) mass is 265 g/mol. The Kier molecular flexibility index (Phi) is 3.27. The van der Waals surface area contributed by atoms with Crippen LogP contribution in [0.2, 0.25) is 10.0 Å². The standard InChI is InChI=1S/C11H11Cl2F2N/c12-8-1-2-9(13)10(7-8)16-5-3-11(14,15)4-6-16/h1-2,7H,3-6H2. The van der Waals surface area contributed by atoms with Crippen LogP contribution < -0.4 is 4.90 Å². The first kappa shape index (κ1) is 11.9. The Morgan fingerprint density at radius 3 is 2.38 bits per heavy atom. The molecule has 0 radical (unpaired) electrons. The van der Waals surface area contributed by atoms with Gasteiger partial charge in [-0.2, -0.15) is 0 Å². The maximum absolute atomic E-state index is 13.0. The van der Waals surface area contributed by atoms with Crippen LogP contribution in [0.15, 0.2) is 18.2 Å². The molecule has 2 rings (SSSR count). The highest BCUT2D eigenvalue weighted by Gasteiger charge is 2.34. The molecule has 0 bridgehead atoms. The fourth-order valence-corrected chi connectivity index (χ4v) is 2.21. The van der Waals surface area contributed by atoms with E-state index in [1.54, 1.807) is 18.2 Å². The molecule has 1 aliphatic rings. The fourth-order valence-electron chi connectivity index (χ4n) is 1.80. The number of benzene rings is 1. The second kappa shape index (κ2) is 4.38. The normalized spacial score (nSPS) is 19.9. The molecular formula is C11H11Cl2F2N. The summed E-state index contributed by atoms with van der Waals surface area (Å²) in [5.41, 5.74) is 0.740. The Morgan fingerprint density at radius 2 is 1.75 bits per heavy atom. The summed E-state index contributed by atoms with van der Waals surface area (Å²) >= 11 is 11.9. The van der Waals surface area contributed by atoms with E-state index in [2.05, 4.69) is 0 Å². The van der Waals surface area contributed by atoms with Gasteiger partial charge in [0.05, 0.1) is 10.7 Å². The molecule has 0 unspecified atom stereocenters. The summed E-state index contributed by atoms with van der Waals surface area (Å²) in [5.74, 6) is -2.54. The largest absolute Gasteiger partial charge is 0.370 e. The van der Waals surface area contributed by atoms with Crippen molar-refractivity contribution in [2.45, 2.75) is 18.8 Å². The maximum Gasteiger partial charge on any atom is 0.251 e. The predicted octanol–water partition coefficient (Wildman–Crippen LogP) is 4.23. The lowest BCUT2D eigenvalue weighted by atomic mass is 10.1. The van der Waals surface area contributed by atoms with Crippen LogP contribution in [0.4, 0.5) is 14.5 Å². The van der Waals surface area contributed by atoms with E-state index in [-0.39, 0.29) is 12.8 Å². The van der Waals surface area contributed by atoms with Crippen molar-refractivity contribution in [1.82, 2.24) is 0 Å². The minimum Gasteiger partial charge on any atom is -0.370 e. The van der Waals surface area contributed by atoms with Gasteiger partial charge in [-0.1, -0.05) is 23.2 Å². The Hall–Kier alpha value is -0.540. The first-order valence-corrected chi connectivity index (χ1v) is 5.81. The molecule has 0 aromatic heterocycles. The summed E-state index contributed by atoms with van der Waals surface area (Å²) in [6, 6.07) is 5.09. The van der Waals surface area contributed by atoms with Crippen LogP contribution >= 0.6 is 23.2 Å². The third kappa shape index (κ3) is 2.58. The zero-order valence-electron chi connectivity index (χ0n) is 8.52. The van der Waals surface area contributed by atoms with Gasteiger partial charge in [0.15, 0.2) is 0 Å². The lowest BCUT2D eigenvalue weighted by molar-refractivity contribution is -0.0220. The van der Waals surface area contributed by atoms with Crippen molar-refractivity contribution in [3.05, 3.63) is 28.2 Å². The predicted molar refractivity (Wildman–Crippen MR) is 62.9 cm³/mol. The zero-order chi connectivity index (χ0) is 11.8. The third-order valence-electron chi connectivity index (χ3n) is 2.74. The molecule has 0 atom stereocenters. The smallest absolute Gasteiger partial charge is 0.251 e. The van der Waals surface area contributed by atoms with E-state index in [0.717, 1.165) is 5.69 Å². The van der Waals surface area contributed by atoms with Crippen LogP contribution in [-0.2, 0) is 0 Å². The molecule has 1 aromatic carbocycles. The Balaban J connectivity index is 2.17. The summed E-state index contributed by atoms with van der Waals surface area (Å²) in [6.07, 6.45) is -0.258. The van der Waals surface area contributed by atoms with Crippen molar-refractivity contribution in [1.29, 1.82) is 0 Å². The molecule has 1 saturated heterocycles. The molecule has 5 heteroatoms. The first-order valence-electron chi connectivity index (χ1n) is 5.06. The topological polar surface area (TPSA) is 3.24 Å². The minimum absolute atomic E-state index is 0.129. The number of alkyl halides is 2. The lowest BCUT2D eigenvalue weighted by Gasteiger charge is -2.33. The van der Waals surface area contributed by atoms with Gasteiger partial charge in [-0.15, -0.1) is 0 Å². The van der Waals surface area contributed by atoms with E-state index >= 15 is 0 Å². The van der Waals surface area contributed by atoms with Gasteiger partial charge in [-0.05, 0) is 18.2 Å². The van der Waals surface area contributed by atoms with Gasteiger partial charge in [0, 0.05) is 31.0 Å². The van der Waals surface area contributed by atoms with E-state index in [1.807, 2.05) is 4.90 Å². The summed E-state index contributed by atoms with van der Waals surface area (Å²) < 4.78 is 26.0. The van der Waals surface area contributed by atoms with Gasteiger partial charge in [0.1, 0.15) is 0 Å². The first-order chi connectivity index (χ1) is 7.48. The van der Waals surface area contributed by atoms with Gasteiger partial charge in [0.2, 0.25) is 0 Å². The van der Waals surface area contributed by atoms with Gasteiger partial charge in [-0.25, -0.2) is 8.78 Å². The van der Waals surface area contributed by atoms with Gasteiger partial charge < -0.3 is 4.90 Å². The number of hydrogen-bond acceptors (Lipinski definition) is 1. The van der Waals surface area contributed by atoms with Crippen molar-refractivity contribution in [2.24, 2.45) is 0 Å². The quantitative estimate of drug-likeness (QED) is 0.735. The summed E-state index contributed by atoms with van der Waals surface area (Å²) in [7, 11) is 0. The maximum atomic E-state index is 13.0.